The molecule has 0 fully saturated rings. The first-order chi connectivity index (χ1) is 10.7. The van der Waals surface area contributed by atoms with E-state index < -0.39 is 0 Å². The largest absolute Gasteiger partial charge is 0.383 e. The number of benzene rings is 1. The molecule has 1 aromatic heterocycles. The van der Waals surface area contributed by atoms with Crippen molar-refractivity contribution in [3.8, 4) is 6.07 Å². The SMILES string of the molecule is COCCNc1ccnc(C(=O)Nc2cccc(C#N)c2)c1. The van der Waals surface area contributed by atoms with Gasteiger partial charge in [0.1, 0.15) is 5.69 Å². The standard InChI is InChI=1S/C16H16N4O2/c1-22-8-7-18-13-5-6-19-15(10-13)16(21)20-14-4-2-3-12(9-14)11-17/h2-6,9-10H,7-8H2,1H3,(H,18,19)(H,20,21). The van der Waals surface area contributed by atoms with Crippen LogP contribution in [0.3, 0.4) is 0 Å². The van der Waals surface area contributed by atoms with Gasteiger partial charge in [-0.1, -0.05) is 6.07 Å². The maximum absolute atomic E-state index is 12.2. The van der Waals surface area contributed by atoms with Crippen LogP contribution in [0.2, 0.25) is 0 Å². The summed E-state index contributed by atoms with van der Waals surface area (Å²) >= 11 is 0. The highest BCUT2D eigenvalue weighted by atomic mass is 16.5. The summed E-state index contributed by atoms with van der Waals surface area (Å²) < 4.78 is 4.96. The van der Waals surface area contributed by atoms with Crippen LogP contribution >= 0.6 is 0 Å². The van der Waals surface area contributed by atoms with Gasteiger partial charge >= 0.3 is 0 Å². The van der Waals surface area contributed by atoms with Gasteiger partial charge in [-0.15, -0.1) is 0 Å². The summed E-state index contributed by atoms with van der Waals surface area (Å²) in [4.78, 5) is 16.2. The molecule has 0 saturated heterocycles. The highest BCUT2D eigenvalue weighted by Crippen LogP contribution is 2.13. The second-order valence-corrected chi connectivity index (χ2v) is 4.50. The average Bonchev–Trinajstić information content (AvgIpc) is 2.55. The van der Waals surface area contributed by atoms with Crippen molar-refractivity contribution in [2.24, 2.45) is 0 Å². The Bertz CT molecular complexity index is 695. The van der Waals surface area contributed by atoms with Crippen molar-refractivity contribution in [3.63, 3.8) is 0 Å². The zero-order chi connectivity index (χ0) is 15.8. The lowest BCUT2D eigenvalue weighted by molar-refractivity contribution is 0.102. The zero-order valence-corrected chi connectivity index (χ0v) is 12.2. The Balaban J connectivity index is 2.05. The van der Waals surface area contributed by atoms with Gasteiger partial charge in [0.05, 0.1) is 18.2 Å². The monoisotopic (exact) mass is 296 g/mol. The molecule has 1 aromatic carbocycles. The number of pyridine rings is 1. The number of rotatable bonds is 6. The van der Waals surface area contributed by atoms with Crippen LogP contribution in [-0.4, -0.2) is 31.2 Å². The number of amides is 1. The number of hydrogen-bond donors (Lipinski definition) is 2. The third-order valence-electron chi connectivity index (χ3n) is 2.88. The molecule has 0 radical (unpaired) electrons. The van der Waals surface area contributed by atoms with Crippen LogP contribution in [0, 0.1) is 11.3 Å². The second kappa shape index (κ2) is 7.76. The molecule has 2 rings (SSSR count). The van der Waals surface area contributed by atoms with Gasteiger partial charge in [0.25, 0.3) is 5.91 Å². The number of methoxy groups -OCH3 is 1. The molecule has 0 aliphatic rings. The predicted molar refractivity (Wildman–Crippen MR) is 83.7 cm³/mol. The lowest BCUT2D eigenvalue weighted by Crippen LogP contribution is -2.14. The number of nitrogens with zero attached hydrogens (tertiary/aromatic N) is 2. The summed E-state index contributed by atoms with van der Waals surface area (Å²) in [7, 11) is 1.63. The molecule has 1 heterocycles. The topological polar surface area (TPSA) is 87.0 Å². The molecule has 2 aromatic rings. The maximum atomic E-state index is 12.2. The summed E-state index contributed by atoms with van der Waals surface area (Å²) in [5.74, 6) is -0.328. The van der Waals surface area contributed by atoms with E-state index in [1.54, 1.807) is 49.7 Å². The minimum atomic E-state index is -0.328. The van der Waals surface area contributed by atoms with Crippen LogP contribution in [0.1, 0.15) is 16.1 Å². The third-order valence-corrected chi connectivity index (χ3v) is 2.88. The lowest BCUT2D eigenvalue weighted by atomic mass is 10.2. The van der Waals surface area contributed by atoms with Crippen molar-refractivity contribution >= 4 is 17.3 Å². The Morgan fingerprint density at radius 3 is 2.95 bits per heavy atom. The van der Waals surface area contributed by atoms with Gasteiger partial charge in [0.2, 0.25) is 0 Å². The maximum Gasteiger partial charge on any atom is 0.274 e. The normalized spacial score (nSPS) is 9.82. The molecule has 0 bridgehead atoms. The number of carbonyl (C=O) groups is 1. The second-order valence-electron chi connectivity index (χ2n) is 4.50. The number of nitriles is 1. The molecule has 0 saturated carbocycles. The van der Waals surface area contributed by atoms with Crippen LogP contribution in [0.4, 0.5) is 11.4 Å². The van der Waals surface area contributed by atoms with E-state index >= 15 is 0 Å². The summed E-state index contributed by atoms with van der Waals surface area (Å²) in [6.07, 6.45) is 1.57. The molecule has 6 nitrogen and oxygen atoms in total. The first-order valence-corrected chi connectivity index (χ1v) is 6.73. The van der Waals surface area contributed by atoms with E-state index in [-0.39, 0.29) is 5.91 Å². The molecule has 0 unspecified atom stereocenters. The first kappa shape index (κ1) is 15.5. The van der Waals surface area contributed by atoms with Gasteiger partial charge in [0, 0.05) is 31.2 Å². The van der Waals surface area contributed by atoms with Gasteiger partial charge in [-0.05, 0) is 30.3 Å². The number of hydrogen-bond acceptors (Lipinski definition) is 5. The molecule has 1 amide bonds. The van der Waals surface area contributed by atoms with Crippen LogP contribution in [0.25, 0.3) is 0 Å². The minimum absolute atomic E-state index is 0.296. The van der Waals surface area contributed by atoms with Crippen LogP contribution in [0.15, 0.2) is 42.6 Å². The first-order valence-electron chi connectivity index (χ1n) is 6.73. The minimum Gasteiger partial charge on any atom is -0.383 e. The Morgan fingerprint density at radius 1 is 1.32 bits per heavy atom. The van der Waals surface area contributed by atoms with E-state index in [0.29, 0.717) is 30.1 Å². The quantitative estimate of drug-likeness (QED) is 0.798. The van der Waals surface area contributed by atoms with Crippen LogP contribution < -0.4 is 10.6 Å². The highest BCUT2D eigenvalue weighted by molar-refractivity contribution is 6.03. The molecule has 2 N–H and O–H groups in total. The van der Waals surface area contributed by atoms with Crippen molar-refractivity contribution in [3.05, 3.63) is 53.9 Å². The summed E-state index contributed by atoms with van der Waals surface area (Å²) in [5, 5.41) is 14.7. The van der Waals surface area contributed by atoms with E-state index in [1.165, 1.54) is 0 Å². The fourth-order valence-electron chi connectivity index (χ4n) is 1.82. The number of nitrogens with one attached hydrogen (secondary N) is 2. The van der Waals surface area contributed by atoms with E-state index in [9.17, 15) is 4.79 Å². The molecule has 0 aliphatic carbocycles. The molecule has 22 heavy (non-hydrogen) atoms. The number of ether oxygens (including phenoxy) is 1. The molecular formula is C16H16N4O2. The lowest BCUT2D eigenvalue weighted by Gasteiger charge is -2.08. The number of anilines is 2. The molecule has 112 valence electrons. The molecule has 0 aliphatic heterocycles. The highest BCUT2D eigenvalue weighted by Gasteiger charge is 2.08. The molecule has 0 atom stereocenters. The fourth-order valence-corrected chi connectivity index (χ4v) is 1.82. The van der Waals surface area contributed by atoms with Crippen molar-refractivity contribution in [2.45, 2.75) is 0 Å². The predicted octanol–water partition coefficient (Wildman–Crippen LogP) is 2.26. The summed E-state index contributed by atoms with van der Waals surface area (Å²) in [5.41, 5.74) is 2.14. The Hall–Kier alpha value is -2.91. The van der Waals surface area contributed by atoms with E-state index in [2.05, 4.69) is 15.6 Å². The van der Waals surface area contributed by atoms with Gasteiger partial charge in [0.15, 0.2) is 0 Å². The molecular weight excluding hydrogens is 280 g/mol. The van der Waals surface area contributed by atoms with Gasteiger partial charge in [-0.2, -0.15) is 5.26 Å². The average molecular weight is 296 g/mol. The van der Waals surface area contributed by atoms with Crippen molar-refractivity contribution in [1.82, 2.24) is 4.98 Å². The van der Waals surface area contributed by atoms with Gasteiger partial charge < -0.3 is 15.4 Å². The van der Waals surface area contributed by atoms with Gasteiger partial charge in [-0.25, -0.2) is 0 Å². The van der Waals surface area contributed by atoms with Crippen molar-refractivity contribution in [1.29, 1.82) is 5.26 Å². The zero-order valence-electron chi connectivity index (χ0n) is 12.2. The van der Waals surface area contributed by atoms with Crippen molar-refractivity contribution in [2.75, 3.05) is 30.9 Å². The summed E-state index contributed by atoms with van der Waals surface area (Å²) in [6, 6.07) is 12.2. The third kappa shape index (κ3) is 4.30. The number of carbonyl (C=O) groups excluding carboxylic acids is 1. The van der Waals surface area contributed by atoms with E-state index in [1.807, 2.05) is 6.07 Å². The van der Waals surface area contributed by atoms with E-state index in [4.69, 9.17) is 10.00 Å². The Labute approximate surface area is 128 Å². The summed E-state index contributed by atoms with van der Waals surface area (Å²) in [6.45, 7) is 1.22. The molecule has 0 spiro atoms. The fraction of sp³-hybridized carbons (Fsp3) is 0.188. The van der Waals surface area contributed by atoms with Crippen LogP contribution in [-0.2, 0) is 4.74 Å². The number of aromatic nitrogens is 1. The van der Waals surface area contributed by atoms with Crippen molar-refractivity contribution < 1.29 is 9.53 Å². The molecule has 6 heteroatoms. The van der Waals surface area contributed by atoms with Crippen LogP contribution in [0.5, 0.6) is 0 Å². The Kier molecular flexibility index (Phi) is 5.46. The van der Waals surface area contributed by atoms with Gasteiger partial charge in [-0.3, -0.25) is 9.78 Å². The smallest absolute Gasteiger partial charge is 0.274 e. The Morgan fingerprint density at radius 2 is 2.18 bits per heavy atom. The van der Waals surface area contributed by atoms with E-state index in [0.717, 1.165) is 5.69 Å².